The molecule has 7 heteroatoms. The second-order valence-corrected chi connectivity index (χ2v) is 7.01. The fourth-order valence-electron chi connectivity index (χ4n) is 3.54. The first-order valence-electron chi connectivity index (χ1n) is 9.31. The Hall–Kier alpha value is -4.13. The van der Waals surface area contributed by atoms with Crippen LogP contribution in [0.2, 0.25) is 0 Å². The topological polar surface area (TPSA) is 65.1 Å². The molecule has 6 nitrogen and oxygen atoms in total. The molecule has 3 heterocycles. The van der Waals surface area contributed by atoms with Gasteiger partial charge in [0.25, 0.3) is 0 Å². The molecule has 146 valence electrons. The van der Waals surface area contributed by atoms with Crippen molar-refractivity contribution in [3.63, 3.8) is 0 Å². The minimum Gasteiger partial charge on any atom is -0.317 e. The monoisotopic (exact) mass is 397 g/mol. The summed E-state index contributed by atoms with van der Waals surface area (Å²) in [6.45, 7) is 0. The van der Waals surface area contributed by atoms with Gasteiger partial charge >= 0.3 is 0 Å². The van der Waals surface area contributed by atoms with Gasteiger partial charge in [-0.25, -0.2) is 9.37 Å². The summed E-state index contributed by atoms with van der Waals surface area (Å²) in [6, 6.07) is 16.1. The second kappa shape index (κ2) is 7.04. The smallest absolute Gasteiger partial charge is 0.164 e. The molecule has 0 radical (unpaired) electrons. The number of aromatic nitrogens is 5. The molecule has 2 aromatic carbocycles. The van der Waals surface area contributed by atoms with Crippen molar-refractivity contribution in [2.45, 2.75) is 0 Å². The van der Waals surface area contributed by atoms with Crippen LogP contribution in [0.4, 0.5) is 4.39 Å². The Morgan fingerprint density at radius 3 is 2.63 bits per heavy atom. The van der Waals surface area contributed by atoms with Crippen LogP contribution in [0.5, 0.6) is 0 Å². The van der Waals surface area contributed by atoms with Crippen molar-refractivity contribution in [3.8, 4) is 33.8 Å². The van der Waals surface area contributed by atoms with Crippen molar-refractivity contribution in [2.75, 3.05) is 0 Å². The van der Waals surface area contributed by atoms with Crippen molar-refractivity contribution in [3.05, 3.63) is 84.7 Å². The number of benzene rings is 2. The van der Waals surface area contributed by atoms with Gasteiger partial charge < -0.3 is 8.97 Å². The van der Waals surface area contributed by atoms with E-state index in [0.717, 1.165) is 34.3 Å². The molecule has 3 aromatic heterocycles. The van der Waals surface area contributed by atoms with E-state index in [9.17, 15) is 9.18 Å². The third-order valence-electron chi connectivity index (χ3n) is 5.01. The van der Waals surface area contributed by atoms with Crippen molar-refractivity contribution in [1.82, 2.24) is 24.1 Å². The molecule has 0 saturated heterocycles. The van der Waals surface area contributed by atoms with Crippen molar-refractivity contribution < 1.29 is 9.18 Å². The number of nitrogens with zero attached hydrogens (tertiary/aromatic N) is 5. The first kappa shape index (κ1) is 17.9. The molecule has 0 atom stereocenters. The predicted molar refractivity (Wildman–Crippen MR) is 111 cm³/mol. The van der Waals surface area contributed by atoms with Crippen molar-refractivity contribution in [2.24, 2.45) is 7.05 Å². The highest BCUT2D eigenvalue weighted by molar-refractivity contribution is 5.83. The van der Waals surface area contributed by atoms with Crippen LogP contribution >= 0.6 is 0 Å². The molecule has 0 aliphatic carbocycles. The molecular weight excluding hydrogens is 381 g/mol. The number of fused-ring (bicyclic) bond motifs is 1. The van der Waals surface area contributed by atoms with Gasteiger partial charge in [0.1, 0.15) is 17.8 Å². The number of halogens is 1. The summed E-state index contributed by atoms with van der Waals surface area (Å²) in [6.07, 6.45) is 6.03. The van der Waals surface area contributed by atoms with E-state index >= 15 is 0 Å². The Morgan fingerprint density at radius 1 is 0.967 bits per heavy atom. The van der Waals surface area contributed by atoms with Crippen LogP contribution in [0.15, 0.2) is 73.3 Å². The lowest BCUT2D eigenvalue weighted by Crippen LogP contribution is -1.95. The quantitative estimate of drug-likeness (QED) is 0.421. The molecule has 0 aliphatic rings. The second-order valence-electron chi connectivity index (χ2n) is 7.01. The molecule has 0 amide bonds. The number of aryl methyl sites for hydroxylation is 1. The molecule has 30 heavy (non-hydrogen) atoms. The maximum absolute atomic E-state index is 14.0. The number of hydrogen-bond acceptors (Lipinski definition) is 4. The number of carbonyl (C=O) groups excluding carboxylic acids is 1. The van der Waals surface area contributed by atoms with E-state index in [2.05, 4.69) is 15.2 Å². The zero-order valence-corrected chi connectivity index (χ0v) is 16.0. The van der Waals surface area contributed by atoms with Crippen LogP contribution < -0.4 is 0 Å². The average Bonchev–Trinajstić information content (AvgIpc) is 3.39. The minimum absolute atomic E-state index is 0.334. The van der Waals surface area contributed by atoms with E-state index in [1.54, 1.807) is 29.2 Å². The first-order valence-corrected chi connectivity index (χ1v) is 9.31. The molecule has 0 saturated carbocycles. The number of imidazole rings is 1. The fraction of sp³-hybridized carbons (Fsp3) is 0.0435. The average molecular weight is 397 g/mol. The lowest BCUT2D eigenvalue weighted by molar-refractivity contribution is 0.112. The van der Waals surface area contributed by atoms with Crippen LogP contribution in [0.25, 0.3) is 39.4 Å². The highest BCUT2D eigenvalue weighted by Gasteiger charge is 2.14. The molecule has 0 aliphatic heterocycles. The lowest BCUT2D eigenvalue weighted by atomic mass is 9.97. The first-order chi connectivity index (χ1) is 14.6. The fourth-order valence-corrected chi connectivity index (χ4v) is 3.54. The molecule has 0 spiro atoms. The van der Waals surface area contributed by atoms with Gasteiger partial charge in [-0.15, -0.1) is 10.2 Å². The van der Waals surface area contributed by atoms with Gasteiger partial charge in [0.15, 0.2) is 12.1 Å². The Kier molecular flexibility index (Phi) is 4.21. The van der Waals surface area contributed by atoms with Gasteiger partial charge in [-0.2, -0.15) is 0 Å². The van der Waals surface area contributed by atoms with Gasteiger partial charge in [0, 0.05) is 36.1 Å². The molecule has 0 bridgehead atoms. The van der Waals surface area contributed by atoms with Gasteiger partial charge in [-0.3, -0.25) is 4.79 Å². The van der Waals surface area contributed by atoms with E-state index in [1.165, 1.54) is 12.1 Å². The van der Waals surface area contributed by atoms with Gasteiger partial charge in [0.2, 0.25) is 0 Å². The Balaban J connectivity index is 1.63. The Labute approximate surface area is 171 Å². The van der Waals surface area contributed by atoms with Crippen LogP contribution in [-0.2, 0) is 7.05 Å². The molecule has 0 fully saturated rings. The normalized spacial score (nSPS) is 11.1. The largest absolute Gasteiger partial charge is 0.317 e. The summed E-state index contributed by atoms with van der Waals surface area (Å²) in [5.74, 6) is 0.253. The lowest BCUT2D eigenvalue weighted by Gasteiger charge is -2.10. The number of aldehydes is 1. The number of carbonyl (C=O) groups is 1. The van der Waals surface area contributed by atoms with E-state index in [0.29, 0.717) is 17.0 Å². The van der Waals surface area contributed by atoms with Gasteiger partial charge in [-0.05, 0) is 41.5 Å². The maximum Gasteiger partial charge on any atom is 0.164 e. The summed E-state index contributed by atoms with van der Waals surface area (Å²) in [5.41, 5.74) is 5.46. The zero-order valence-electron chi connectivity index (χ0n) is 16.0. The summed E-state index contributed by atoms with van der Waals surface area (Å²) in [5, 5.41) is 8.06. The summed E-state index contributed by atoms with van der Waals surface area (Å²) in [7, 11) is 1.82. The third-order valence-corrected chi connectivity index (χ3v) is 5.01. The van der Waals surface area contributed by atoms with E-state index in [4.69, 9.17) is 0 Å². The Bertz CT molecular complexity index is 1400. The zero-order chi connectivity index (χ0) is 20.7. The van der Waals surface area contributed by atoms with Crippen LogP contribution in [0.1, 0.15) is 10.4 Å². The van der Waals surface area contributed by atoms with E-state index in [1.807, 2.05) is 48.0 Å². The van der Waals surface area contributed by atoms with Crippen LogP contribution in [0.3, 0.4) is 0 Å². The SMILES string of the molecule is Cn1cnnc1-c1cc(F)ccc1-c1cccc(-c2cn3cc(C=O)ccc3n2)c1. The summed E-state index contributed by atoms with van der Waals surface area (Å²) < 4.78 is 17.6. The maximum atomic E-state index is 14.0. The number of hydrogen-bond donors (Lipinski definition) is 0. The van der Waals surface area contributed by atoms with Crippen LogP contribution in [0, 0.1) is 5.82 Å². The van der Waals surface area contributed by atoms with Gasteiger partial charge in [0.05, 0.1) is 5.69 Å². The summed E-state index contributed by atoms with van der Waals surface area (Å²) >= 11 is 0. The molecular formula is C23H16FN5O. The Morgan fingerprint density at radius 2 is 1.83 bits per heavy atom. The number of pyridine rings is 1. The van der Waals surface area contributed by atoms with E-state index < -0.39 is 0 Å². The van der Waals surface area contributed by atoms with E-state index in [-0.39, 0.29) is 5.82 Å². The van der Waals surface area contributed by atoms with Crippen molar-refractivity contribution in [1.29, 1.82) is 0 Å². The highest BCUT2D eigenvalue weighted by atomic mass is 19.1. The summed E-state index contributed by atoms with van der Waals surface area (Å²) in [4.78, 5) is 15.7. The molecule has 0 unspecified atom stereocenters. The van der Waals surface area contributed by atoms with Crippen molar-refractivity contribution >= 4 is 11.9 Å². The molecule has 5 aromatic rings. The minimum atomic E-state index is -0.334. The highest BCUT2D eigenvalue weighted by Crippen LogP contribution is 2.33. The third kappa shape index (κ3) is 3.06. The predicted octanol–water partition coefficient (Wildman–Crippen LogP) is 4.42. The standard InChI is InChI=1S/C23H16FN5O/c1-28-14-25-27-23(28)20-10-18(24)6-7-19(20)16-3-2-4-17(9-16)21-12-29-11-15(13-30)5-8-22(29)26-21/h2-14H,1H3. The molecule has 5 rings (SSSR count). The molecule has 0 N–H and O–H groups in total. The van der Waals surface area contributed by atoms with Gasteiger partial charge in [-0.1, -0.05) is 24.3 Å². The number of rotatable bonds is 4. The van der Waals surface area contributed by atoms with Crippen LogP contribution in [-0.4, -0.2) is 30.4 Å².